The molecule has 2 amide bonds. The number of carbonyl (C=O) groups excluding carboxylic acids is 2. The van der Waals surface area contributed by atoms with Crippen molar-refractivity contribution in [2.24, 2.45) is 0 Å². The molecular formula is C18H18N4O3S2. The highest BCUT2D eigenvalue weighted by atomic mass is 32.1. The fourth-order valence-electron chi connectivity index (χ4n) is 2.34. The van der Waals surface area contributed by atoms with Crippen molar-refractivity contribution in [1.82, 2.24) is 20.8 Å². The number of hydrogen-bond acceptors (Lipinski definition) is 7. The minimum Gasteiger partial charge on any atom is -0.351 e. The zero-order valence-electron chi connectivity index (χ0n) is 14.3. The Morgan fingerprint density at radius 2 is 1.93 bits per heavy atom. The number of amides is 2. The first-order valence-electron chi connectivity index (χ1n) is 8.35. The lowest BCUT2D eigenvalue weighted by Gasteiger charge is -2.02. The number of hydrogen-bond donors (Lipinski definition) is 3. The zero-order chi connectivity index (χ0) is 19.1. The number of hydroxylamine groups is 1. The third-order valence-corrected chi connectivity index (χ3v) is 5.76. The lowest BCUT2D eigenvalue weighted by Crippen LogP contribution is -2.25. The first kappa shape index (κ1) is 19.2. The summed E-state index contributed by atoms with van der Waals surface area (Å²) >= 11 is 2.93. The molecule has 3 rings (SSSR count). The van der Waals surface area contributed by atoms with Gasteiger partial charge in [0.15, 0.2) is 10.0 Å². The van der Waals surface area contributed by atoms with Gasteiger partial charge in [-0.1, -0.05) is 30.3 Å². The number of nitrogens with zero attached hydrogens (tertiary/aromatic N) is 2. The second-order valence-electron chi connectivity index (χ2n) is 5.68. The molecule has 1 aromatic carbocycles. The van der Waals surface area contributed by atoms with E-state index in [0.717, 1.165) is 15.4 Å². The minimum absolute atomic E-state index is 0.223. The second-order valence-corrected chi connectivity index (χ2v) is 7.57. The summed E-state index contributed by atoms with van der Waals surface area (Å²) in [7, 11) is 0. The summed E-state index contributed by atoms with van der Waals surface area (Å²) in [6.07, 6.45) is 3.26. The van der Waals surface area contributed by atoms with E-state index < -0.39 is 5.91 Å². The SMILES string of the molecule is O=C(CCCCNC(=O)c1csc(-c2ncc(-c3ccccc3)s2)n1)NO. The van der Waals surface area contributed by atoms with Gasteiger partial charge in [-0.2, -0.15) is 0 Å². The molecular weight excluding hydrogens is 384 g/mol. The Kier molecular flexibility index (Phi) is 6.64. The molecule has 0 aliphatic heterocycles. The summed E-state index contributed by atoms with van der Waals surface area (Å²) in [6.45, 7) is 0.444. The van der Waals surface area contributed by atoms with Crippen LogP contribution >= 0.6 is 22.7 Å². The molecule has 9 heteroatoms. The average Bonchev–Trinajstić information content (AvgIpc) is 3.37. The van der Waals surface area contributed by atoms with Crippen LogP contribution in [0.3, 0.4) is 0 Å². The predicted octanol–water partition coefficient (Wildman–Crippen LogP) is 3.34. The van der Waals surface area contributed by atoms with Crippen molar-refractivity contribution < 1.29 is 14.8 Å². The van der Waals surface area contributed by atoms with E-state index in [-0.39, 0.29) is 12.3 Å². The van der Waals surface area contributed by atoms with E-state index in [0.29, 0.717) is 30.1 Å². The van der Waals surface area contributed by atoms with Crippen molar-refractivity contribution in [3.8, 4) is 20.5 Å². The lowest BCUT2D eigenvalue weighted by molar-refractivity contribution is -0.129. The van der Waals surface area contributed by atoms with Crippen molar-refractivity contribution in [3.63, 3.8) is 0 Å². The molecule has 0 bridgehead atoms. The Hall–Kier alpha value is -2.62. The van der Waals surface area contributed by atoms with Crippen LogP contribution in [0, 0.1) is 0 Å². The maximum absolute atomic E-state index is 12.2. The van der Waals surface area contributed by atoms with Crippen molar-refractivity contribution in [2.75, 3.05) is 6.54 Å². The van der Waals surface area contributed by atoms with E-state index in [2.05, 4.69) is 15.3 Å². The van der Waals surface area contributed by atoms with Crippen LogP contribution in [-0.4, -0.2) is 33.5 Å². The molecule has 0 spiro atoms. The summed E-state index contributed by atoms with van der Waals surface area (Å²) in [6, 6.07) is 10.00. The van der Waals surface area contributed by atoms with Crippen LogP contribution in [0.4, 0.5) is 0 Å². The van der Waals surface area contributed by atoms with E-state index in [9.17, 15) is 9.59 Å². The number of carbonyl (C=O) groups is 2. The van der Waals surface area contributed by atoms with Crippen LogP contribution in [0.25, 0.3) is 20.5 Å². The molecule has 3 N–H and O–H groups in total. The number of nitrogens with one attached hydrogen (secondary N) is 2. The van der Waals surface area contributed by atoms with Gasteiger partial charge in [-0.15, -0.1) is 22.7 Å². The van der Waals surface area contributed by atoms with Crippen LogP contribution in [0.1, 0.15) is 29.8 Å². The average molecular weight is 403 g/mol. The molecule has 27 heavy (non-hydrogen) atoms. The van der Waals surface area contributed by atoms with E-state index >= 15 is 0 Å². The number of benzene rings is 1. The van der Waals surface area contributed by atoms with Crippen molar-refractivity contribution in [3.05, 3.63) is 47.6 Å². The van der Waals surface area contributed by atoms with Crippen molar-refractivity contribution in [2.45, 2.75) is 19.3 Å². The number of aromatic nitrogens is 2. The molecule has 0 saturated heterocycles. The second kappa shape index (κ2) is 9.36. The molecule has 0 aliphatic rings. The largest absolute Gasteiger partial charge is 0.351 e. The van der Waals surface area contributed by atoms with Crippen LogP contribution < -0.4 is 10.8 Å². The fourth-order valence-corrected chi connectivity index (χ4v) is 4.11. The zero-order valence-corrected chi connectivity index (χ0v) is 16.0. The summed E-state index contributed by atoms with van der Waals surface area (Å²) in [5.41, 5.74) is 3.04. The topological polar surface area (TPSA) is 104 Å². The molecule has 0 atom stereocenters. The van der Waals surface area contributed by atoms with Crippen LogP contribution in [0.15, 0.2) is 41.9 Å². The van der Waals surface area contributed by atoms with Crippen molar-refractivity contribution in [1.29, 1.82) is 0 Å². The lowest BCUT2D eigenvalue weighted by atomic mass is 10.2. The van der Waals surface area contributed by atoms with Gasteiger partial charge in [-0.3, -0.25) is 14.8 Å². The first-order valence-corrected chi connectivity index (χ1v) is 10.1. The molecule has 0 fully saturated rings. The Balaban J connectivity index is 1.54. The first-order chi connectivity index (χ1) is 13.2. The van der Waals surface area contributed by atoms with E-state index in [1.807, 2.05) is 36.5 Å². The van der Waals surface area contributed by atoms with Gasteiger partial charge in [0.1, 0.15) is 5.69 Å². The van der Waals surface area contributed by atoms with E-state index in [1.165, 1.54) is 11.3 Å². The minimum atomic E-state index is -0.427. The summed E-state index contributed by atoms with van der Waals surface area (Å²) in [5, 5.41) is 14.4. The van der Waals surface area contributed by atoms with Crippen LogP contribution in [0.5, 0.6) is 0 Å². The standard InChI is InChI=1S/C18H18N4O3S2/c23-15(22-25)8-4-5-9-19-16(24)13-11-26-18(21-13)17-20-10-14(27-17)12-6-2-1-3-7-12/h1-3,6-7,10-11,25H,4-5,8-9H2,(H,19,24)(H,22,23). The van der Waals surface area contributed by atoms with Gasteiger partial charge in [0.25, 0.3) is 5.91 Å². The Morgan fingerprint density at radius 3 is 2.70 bits per heavy atom. The predicted molar refractivity (Wildman–Crippen MR) is 105 cm³/mol. The Bertz CT molecular complexity index is 908. The molecule has 0 radical (unpaired) electrons. The quantitative estimate of drug-likeness (QED) is 0.305. The number of unbranched alkanes of at least 4 members (excludes halogenated alkanes) is 1. The smallest absolute Gasteiger partial charge is 0.270 e. The normalized spacial score (nSPS) is 10.6. The molecule has 140 valence electrons. The fraction of sp³-hybridized carbons (Fsp3) is 0.222. The van der Waals surface area contributed by atoms with Gasteiger partial charge in [0, 0.05) is 24.5 Å². The highest BCUT2D eigenvalue weighted by Gasteiger charge is 2.14. The summed E-state index contributed by atoms with van der Waals surface area (Å²) in [5.74, 6) is -0.673. The monoisotopic (exact) mass is 402 g/mol. The van der Waals surface area contributed by atoms with Gasteiger partial charge in [0.2, 0.25) is 5.91 Å². The van der Waals surface area contributed by atoms with E-state index in [4.69, 9.17) is 5.21 Å². The van der Waals surface area contributed by atoms with Gasteiger partial charge in [-0.25, -0.2) is 15.4 Å². The third kappa shape index (κ3) is 5.19. The van der Waals surface area contributed by atoms with Crippen molar-refractivity contribution >= 4 is 34.5 Å². The van der Waals surface area contributed by atoms with E-state index in [1.54, 1.807) is 22.2 Å². The molecule has 2 heterocycles. The summed E-state index contributed by atoms with van der Waals surface area (Å²) in [4.78, 5) is 32.9. The van der Waals surface area contributed by atoms with Gasteiger partial charge >= 0.3 is 0 Å². The van der Waals surface area contributed by atoms with Gasteiger partial charge in [-0.05, 0) is 18.4 Å². The molecule has 0 unspecified atom stereocenters. The molecule has 0 saturated carbocycles. The van der Waals surface area contributed by atoms with Crippen LogP contribution in [0.2, 0.25) is 0 Å². The molecule has 3 aromatic rings. The third-order valence-electron chi connectivity index (χ3n) is 3.72. The highest BCUT2D eigenvalue weighted by molar-refractivity contribution is 7.22. The molecule has 0 aliphatic carbocycles. The Labute approximate surface area is 164 Å². The summed E-state index contributed by atoms with van der Waals surface area (Å²) < 4.78 is 0. The maximum Gasteiger partial charge on any atom is 0.270 e. The molecule has 7 nitrogen and oxygen atoms in total. The molecule has 2 aromatic heterocycles. The van der Waals surface area contributed by atoms with Gasteiger partial charge in [0.05, 0.1) is 4.88 Å². The van der Waals surface area contributed by atoms with Crippen LogP contribution in [-0.2, 0) is 4.79 Å². The van der Waals surface area contributed by atoms with Gasteiger partial charge < -0.3 is 5.32 Å². The highest BCUT2D eigenvalue weighted by Crippen LogP contribution is 2.33. The Morgan fingerprint density at radius 1 is 1.11 bits per heavy atom. The number of thiazole rings is 2. The maximum atomic E-state index is 12.2. The number of rotatable bonds is 8.